The zero-order chi connectivity index (χ0) is 13.1. The van der Waals surface area contributed by atoms with Gasteiger partial charge in [0.25, 0.3) is 0 Å². The van der Waals surface area contributed by atoms with Gasteiger partial charge in [-0.05, 0) is 42.3 Å². The average molecular weight is 265 g/mol. The molecule has 1 nitrogen and oxygen atoms in total. The van der Waals surface area contributed by atoms with E-state index in [1.165, 1.54) is 21.4 Å². The van der Waals surface area contributed by atoms with Gasteiger partial charge >= 0.3 is 0 Å². The zero-order valence-electron chi connectivity index (χ0n) is 10.8. The Balaban J connectivity index is 1.81. The van der Waals surface area contributed by atoms with E-state index in [4.69, 9.17) is 0 Å². The summed E-state index contributed by atoms with van der Waals surface area (Å²) in [5.41, 5.74) is 3.63. The van der Waals surface area contributed by atoms with E-state index < -0.39 is 0 Å². The summed E-state index contributed by atoms with van der Waals surface area (Å²) >= 11 is 1.87. The Morgan fingerprint density at radius 3 is 2.68 bits per heavy atom. The van der Waals surface area contributed by atoms with Crippen molar-refractivity contribution in [1.29, 1.82) is 0 Å². The van der Waals surface area contributed by atoms with Crippen LogP contribution in [0.4, 0.5) is 0 Å². The van der Waals surface area contributed by atoms with Gasteiger partial charge in [-0.1, -0.05) is 30.3 Å². The minimum atomic E-state index is 1.01. The molecule has 1 aromatic heterocycles. The van der Waals surface area contributed by atoms with Crippen molar-refractivity contribution >= 4 is 22.7 Å². The highest BCUT2D eigenvalue weighted by Crippen LogP contribution is 2.26. The number of rotatable bonds is 3. The highest BCUT2D eigenvalue weighted by molar-refractivity contribution is 7.98. The van der Waals surface area contributed by atoms with E-state index in [9.17, 15) is 0 Å². The molecular formula is C17H15NS. The molecule has 0 amide bonds. The Hall–Kier alpha value is -1.80. The van der Waals surface area contributed by atoms with E-state index in [2.05, 4.69) is 66.5 Å². The first-order chi connectivity index (χ1) is 9.31. The van der Waals surface area contributed by atoms with Crippen molar-refractivity contribution in [2.75, 3.05) is 0 Å². The molecule has 0 N–H and O–H groups in total. The van der Waals surface area contributed by atoms with Crippen molar-refractivity contribution < 1.29 is 0 Å². The maximum atomic E-state index is 4.43. The van der Waals surface area contributed by atoms with Crippen LogP contribution in [0, 0.1) is 6.92 Å². The van der Waals surface area contributed by atoms with Crippen LogP contribution in [0.5, 0.6) is 0 Å². The van der Waals surface area contributed by atoms with Crippen LogP contribution in [0.2, 0.25) is 0 Å². The van der Waals surface area contributed by atoms with E-state index in [1.807, 2.05) is 18.0 Å². The van der Waals surface area contributed by atoms with Crippen LogP contribution in [0.3, 0.4) is 0 Å². The molecule has 0 radical (unpaired) electrons. The summed E-state index contributed by atoms with van der Waals surface area (Å²) in [5.74, 6) is 1.01. The van der Waals surface area contributed by atoms with Gasteiger partial charge in [0.05, 0.1) is 5.52 Å². The van der Waals surface area contributed by atoms with Crippen LogP contribution in [0.25, 0.3) is 10.9 Å². The molecule has 19 heavy (non-hydrogen) atoms. The lowest BCUT2D eigenvalue weighted by molar-refractivity contribution is 1.32. The van der Waals surface area contributed by atoms with Crippen LogP contribution in [-0.2, 0) is 5.75 Å². The molecule has 0 aliphatic carbocycles. The van der Waals surface area contributed by atoms with Crippen LogP contribution in [-0.4, -0.2) is 4.98 Å². The summed E-state index contributed by atoms with van der Waals surface area (Å²) in [6.45, 7) is 2.08. The first-order valence-corrected chi connectivity index (χ1v) is 7.33. The van der Waals surface area contributed by atoms with Crippen molar-refractivity contribution in [1.82, 2.24) is 4.98 Å². The number of thioether (sulfide) groups is 1. The van der Waals surface area contributed by atoms with Crippen molar-refractivity contribution in [3.63, 3.8) is 0 Å². The predicted octanol–water partition coefficient (Wildman–Crippen LogP) is 4.84. The molecule has 0 saturated heterocycles. The summed E-state index contributed by atoms with van der Waals surface area (Å²) in [4.78, 5) is 5.73. The number of aryl methyl sites for hydroxylation is 1. The van der Waals surface area contributed by atoms with Gasteiger partial charge in [0.1, 0.15) is 0 Å². The number of pyridine rings is 1. The second-order valence-corrected chi connectivity index (χ2v) is 5.69. The Morgan fingerprint density at radius 2 is 1.84 bits per heavy atom. The van der Waals surface area contributed by atoms with E-state index in [0.29, 0.717) is 0 Å². The topological polar surface area (TPSA) is 12.9 Å². The highest BCUT2D eigenvalue weighted by Gasteiger charge is 2.00. The number of aromatic nitrogens is 1. The number of fused-ring (bicyclic) bond motifs is 1. The molecule has 1 heterocycles. The third-order valence-corrected chi connectivity index (χ3v) is 4.10. The molecule has 2 aromatic carbocycles. The Labute approximate surface area is 117 Å². The molecule has 0 fully saturated rings. The molecule has 3 aromatic rings. The van der Waals surface area contributed by atoms with Gasteiger partial charge in [0, 0.05) is 22.2 Å². The summed E-state index contributed by atoms with van der Waals surface area (Å²) in [6.07, 6.45) is 1.92. The zero-order valence-corrected chi connectivity index (χ0v) is 11.7. The summed E-state index contributed by atoms with van der Waals surface area (Å²) < 4.78 is 0. The molecule has 94 valence electrons. The first kappa shape index (κ1) is 12.2. The maximum Gasteiger partial charge on any atom is 0.0702 e. The fraction of sp³-hybridized carbons (Fsp3) is 0.118. The minimum absolute atomic E-state index is 1.01. The molecule has 0 saturated carbocycles. The molecule has 0 spiro atoms. The van der Waals surface area contributed by atoms with E-state index in [0.717, 1.165) is 11.3 Å². The lowest BCUT2D eigenvalue weighted by atomic mass is 10.2. The van der Waals surface area contributed by atoms with Gasteiger partial charge in [-0.3, -0.25) is 4.98 Å². The van der Waals surface area contributed by atoms with Crippen LogP contribution >= 0.6 is 11.8 Å². The fourth-order valence-electron chi connectivity index (χ4n) is 2.05. The number of benzene rings is 2. The van der Waals surface area contributed by atoms with Crippen LogP contribution < -0.4 is 0 Å². The number of nitrogens with zero attached hydrogens (tertiary/aromatic N) is 1. The standard InChI is InChI=1S/C17H15NS/c1-13-9-15-10-16(7-8-17(15)18-11-13)19-12-14-5-3-2-4-6-14/h2-11H,12H2,1H3. The Kier molecular flexibility index (Phi) is 3.51. The third-order valence-electron chi connectivity index (χ3n) is 3.04. The maximum absolute atomic E-state index is 4.43. The molecule has 3 rings (SSSR count). The van der Waals surface area contributed by atoms with E-state index in [1.54, 1.807) is 0 Å². The lowest BCUT2D eigenvalue weighted by Gasteiger charge is -2.04. The third kappa shape index (κ3) is 2.96. The SMILES string of the molecule is Cc1cnc2ccc(SCc3ccccc3)cc2c1. The van der Waals surface area contributed by atoms with E-state index >= 15 is 0 Å². The minimum Gasteiger partial charge on any atom is -0.256 e. The van der Waals surface area contributed by atoms with Gasteiger partial charge in [0.15, 0.2) is 0 Å². The second kappa shape index (κ2) is 5.45. The smallest absolute Gasteiger partial charge is 0.0702 e. The van der Waals surface area contributed by atoms with Crippen molar-refractivity contribution in [3.05, 3.63) is 71.9 Å². The summed E-state index contributed by atoms with van der Waals surface area (Å²) in [6, 6.07) is 19.2. The van der Waals surface area contributed by atoms with Gasteiger partial charge in [0.2, 0.25) is 0 Å². The van der Waals surface area contributed by atoms with Gasteiger partial charge in [-0.15, -0.1) is 11.8 Å². The summed E-state index contributed by atoms with van der Waals surface area (Å²) in [7, 11) is 0. The van der Waals surface area contributed by atoms with Crippen LogP contribution in [0.1, 0.15) is 11.1 Å². The number of hydrogen-bond donors (Lipinski definition) is 0. The lowest BCUT2D eigenvalue weighted by Crippen LogP contribution is -1.83. The Bertz CT molecular complexity index is 692. The van der Waals surface area contributed by atoms with Crippen molar-refractivity contribution in [2.24, 2.45) is 0 Å². The average Bonchev–Trinajstić information content (AvgIpc) is 2.46. The van der Waals surface area contributed by atoms with Gasteiger partial charge < -0.3 is 0 Å². The molecule has 0 unspecified atom stereocenters. The quantitative estimate of drug-likeness (QED) is 0.629. The molecule has 0 aliphatic heterocycles. The number of hydrogen-bond acceptors (Lipinski definition) is 2. The molecule has 0 atom stereocenters. The van der Waals surface area contributed by atoms with Gasteiger partial charge in [-0.25, -0.2) is 0 Å². The fourth-order valence-corrected chi connectivity index (χ4v) is 2.95. The second-order valence-electron chi connectivity index (χ2n) is 4.64. The molecule has 2 heteroatoms. The van der Waals surface area contributed by atoms with E-state index in [-0.39, 0.29) is 0 Å². The Morgan fingerprint density at radius 1 is 1.00 bits per heavy atom. The molecule has 0 bridgehead atoms. The van der Waals surface area contributed by atoms with Gasteiger partial charge in [-0.2, -0.15) is 0 Å². The molecular weight excluding hydrogens is 250 g/mol. The molecule has 0 aliphatic rings. The van der Waals surface area contributed by atoms with Crippen LogP contribution in [0.15, 0.2) is 65.7 Å². The van der Waals surface area contributed by atoms with Crippen molar-refractivity contribution in [2.45, 2.75) is 17.6 Å². The van der Waals surface area contributed by atoms with Crippen molar-refractivity contribution in [3.8, 4) is 0 Å². The summed E-state index contributed by atoms with van der Waals surface area (Å²) in [5, 5.41) is 1.22. The monoisotopic (exact) mass is 265 g/mol. The first-order valence-electron chi connectivity index (χ1n) is 6.34. The highest BCUT2D eigenvalue weighted by atomic mass is 32.2. The normalized spacial score (nSPS) is 10.8. The largest absolute Gasteiger partial charge is 0.256 e. The predicted molar refractivity (Wildman–Crippen MR) is 82.5 cm³/mol.